The van der Waals surface area contributed by atoms with Gasteiger partial charge in [0.2, 0.25) is 0 Å². The molecule has 2 saturated heterocycles. The molecule has 2 aliphatic heterocycles. The number of carbonyl (C=O) groups excluding carboxylic acids is 1. The van der Waals surface area contributed by atoms with E-state index in [2.05, 4.69) is 10.2 Å². The first-order valence-corrected chi connectivity index (χ1v) is 5.14. The first-order valence-electron chi connectivity index (χ1n) is 4.73. The van der Waals surface area contributed by atoms with E-state index >= 15 is 0 Å². The van der Waals surface area contributed by atoms with E-state index in [-0.39, 0.29) is 5.91 Å². The molecule has 2 fully saturated rings. The standard InChI is InChI=1S/C9H13N3OS/c1-11-8(13)7(10-9(11)14)6-12-4-2-3-5-12/h6H,2-5H2,1H3,(H,10,14)/b7-6+. The van der Waals surface area contributed by atoms with Gasteiger partial charge >= 0.3 is 0 Å². The average molecular weight is 211 g/mol. The van der Waals surface area contributed by atoms with E-state index in [1.165, 1.54) is 17.7 Å². The topological polar surface area (TPSA) is 35.6 Å². The Labute approximate surface area is 88.5 Å². The number of thiocarbonyl (C=S) groups is 1. The summed E-state index contributed by atoms with van der Waals surface area (Å²) in [4.78, 5) is 15.2. The summed E-state index contributed by atoms with van der Waals surface area (Å²) < 4.78 is 0. The van der Waals surface area contributed by atoms with Crippen LogP contribution in [0.5, 0.6) is 0 Å². The summed E-state index contributed by atoms with van der Waals surface area (Å²) in [6.45, 7) is 2.07. The second kappa shape index (κ2) is 3.57. The molecule has 0 spiro atoms. The second-order valence-corrected chi connectivity index (χ2v) is 3.97. The van der Waals surface area contributed by atoms with Crippen molar-refractivity contribution in [2.24, 2.45) is 0 Å². The van der Waals surface area contributed by atoms with Crippen molar-refractivity contribution in [2.45, 2.75) is 12.8 Å². The largest absolute Gasteiger partial charge is 0.376 e. The molecule has 0 radical (unpaired) electrons. The molecule has 76 valence electrons. The Morgan fingerprint density at radius 3 is 2.57 bits per heavy atom. The summed E-state index contributed by atoms with van der Waals surface area (Å²) in [6, 6.07) is 0. The molecule has 14 heavy (non-hydrogen) atoms. The molecule has 2 rings (SSSR count). The quantitative estimate of drug-likeness (QED) is 0.499. The maximum Gasteiger partial charge on any atom is 0.277 e. The summed E-state index contributed by atoms with van der Waals surface area (Å²) in [6.07, 6.45) is 4.29. The molecule has 2 aliphatic rings. The molecule has 0 saturated carbocycles. The summed E-state index contributed by atoms with van der Waals surface area (Å²) in [5, 5.41) is 3.39. The predicted octanol–water partition coefficient (Wildman–Crippen LogP) is 0.270. The molecule has 1 N–H and O–H groups in total. The Morgan fingerprint density at radius 2 is 2.07 bits per heavy atom. The fourth-order valence-electron chi connectivity index (χ4n) is 1.67. The van der Waals surface area contributed by atoms with Crippen molar-refractivity contribution < 1.29 is 4.79 Å². The number of nitrogens with one attached hydrogen (secondary N) is 1. The van der Waals surface area contributed by atoms with Gasteiger partial charge in [-0.3, -0.25) is 9.69 Å². The van der Waals surface area contributed by atoms with Crippen LogP contribution < -0.4 is 5.32 Å². The fourth-order valence-corrected chi connectivity index (χ4v) is 1.86. The highest BCUT2D eigenvalue weighted by Gasteiger charge is 2.27. The van der Waals surface area contributed by atoms with Crippen LogP contribution in [0.1, 0.15) is 12.8 Å². The van der Waals surface area contributed by atoms with Crippen molar-refractivity contribution >= 4 is 23.2 Å². The van der Waals surface area contributed by atoms with E-state index in [9.17, 15) is 4.79 Å². The second-order valence-electron chi connectivity index (χ2n) is 3.58. The number of likely N-dealkylation sites (N-methyl/N-ethyl adjacent to an activating group) is 1. The van der Waals surface area contributed by atoms with Gasteiger partial charge in [0.25, 0.3) is 5.91 Å². The Morgan fingerprint density at radius 1 is 1.43 bits per heavy atom. The van der Waals surface area contributed by atoms with E-state index in [4.69, 9.17) is 12.2 Å². The van der Waals surface area contributed by atoms with Crippen molar-refractivity contribution in [3.63, 3.8) is 0 Å². The maximum atomic E-state index is 11.6. The highest BCUT2D eigenvalue weighted by atomic mass is 32.1. The monoisotopic (exact) mass is 211 g/mol. The van der Waals surface area contributed by atoms with Crippen LogP contribution in [0.3, 0.4) is 0 Å². The first kappa shape index (κ1) is 9.45. The lowest BCUT2D eigenvalue weighted by Crippen LogP contribution is -2.25. The minimum absolute atomic E-state index is 0.0399. The molecule has 0 unspecified atom stereocenters. The van der Waals surface area contributed by atoms with Crippen molar-refractivity contribution in [1.29, 1.82) is 0 Å². The van der Waals surface area contributed by atoms with Crippen LogP contribution in [-0.4, -0.2) is 41.0 Å². The minimum Gasteiger partial charge on any atom is -0.376 e. The van der Waals surface area contributed by atoms with Crippen LogP contribution in [0.4, 0.5) is 0 Å². The van der Waals surface area contributed by atoms with Gasteiger partial charge in [-0.2, -0.15) is 0 Å². The molecule has 2 heterocycles. The lowest BCUT2D eigenvalue weighted by molar-refractivity contribution is -0.121. The van der Waals surface area contributed by atoms with E-state index in [1.54, 1.807) is 7.05 Å². The number of likely N-dealkylation sites (tertiary alicyclic amines) is 1. The fraction of sp³-hybridized carbons (Fsp3) is 0.556. The third-order valence-corrected chi connectivity index (χ3v) is 2.91. The number of rotatable bonds is 1. The first-order chi connectivity index (χ1) is 6.68. The smallest absolute Gasteiger partial charge is 0.277 e. The summed E-state index contributed by atoms with van der Waals surface area (Å²) in [5.41, 5.74) is 0.597. The predicted molar refractivity (Wildman–Crippen MR) is 57.4 cm³/mol. The molecule has 0 aromatic heterocycles. The Balaban J connectivity index is 2.11. The number of carbonyl (C=O) groups is 1. The number of amides is 1. The highest BCUT2D eigenvalue weighted by Crippen LogP contribution is 2.12. The zero-order valence-electron chi connectivity index (χ0n) is 8.12. The van der Waals surface area contributed by atoms with Crippen molar-refractivity contribution in [2.75, 3.05) is 20.1 Å². The lowest BCUT2D eigenvalue weighted by Gasteiger charge is -2.11. The van der Waals surface area contributed by atoms with Crippen molar-refractivity contribution in [3.8, 4) is 0 Å². The third-order valence-electron chi connectivity index (χ3n) is 2.53. The van der Waals surface area contributed by atoms with Gasteiger partial charge in [0.15, 0.2) is 5.11 Å². The van der Waals surface area contributed by atoms with E-state index < -0.39 is 0 Å². The van der Waals surface area contributed by atoms with Crippen LogP contribution in [0, 0.1) is 0 Å². The van der Waals surface area contributed by atoms with Gasteiger partial charge in [0.05, 0.1) is 0 Å². The minimum atomic E-state index is -0.0399. The highest BCUT2D eigenvalue weighted by molar-refractivity contribution is 7.80. The zero-order valence-corrected chi connectivity index (χ0v) is 8.93. The molecule has 0 bridgehead atoms. The average Bonchev–Trinajstić information content (AvgIpc) is 2.73. The molecule has 0 aliphatic carbocycles. The van der Waals surface area contributed by atoms with Gasteiger partial charge in [-0.15, -0.1) is 0 Å². The van der Waals surface area contributed by atoms with E-state index in [0.717, 1.165) is 13.1 Å². The molecule has 4 nitrogen and oxygen atoms in total. The van der Waals surface area contributed by atoms with E-state index in [0.29, 0.717) is 10.8 Å². The number of nitrogens with zero attached hydrogens (tertiary/aromatic N) is 2. The molecule has 0 aromatic rings. The maximum absolute atomic E-state index is 11.6. The van der Waals surface area contributed by atoms with Gasteiger partial charge in [0.1, 0.15) is 5.70 Å². The molecule has 1 amide bonds. The van der Waals surface area contributed by atoms with Gasteiger partial charge in [-0.05, 0) is 25.1 Å². The van der Waals surface area contributed by atoms with Crippen LogP contribution in [0.15, 0.2) is 11.9 Å². The Bertz CT molecular complexity index is 307. The summed E-state index contributed by atoms with van der Waals surface area (Å²) in [7, 11) is 1.68. The van der Waals surface area contributed by atoms with Crippen molar-refractivity contribution in [3.05, 3.63) is 11.9 Å². The van der Waals surface area contributed by atoms with Gasteiger partial charge in [-0.1, -0.05) is 0 Å². The van der Waals surface area contributed by atoms with Crippen LogP contribution in [0.25, 0.3) is 0 Å². The van der Waals surface area contributed by atoms with Crippen LogP contribution in [-0.2, 0) is 4.79 Å². The molecule has 0 atom stereocenters. The lowest BCUT2D eigenvalue weighted by atomic mass is 10.4. The third kappa shape index (κ3) is 1.59. The summed E-state index contributed by atoms with van der Waals surface area (Å²) in [5.74, 6) is -0.0399. The molecule has 0 aromatic carbocycles. The SMILES string of the molecule is CN1C(=O)/C(=C\N2CCCC2)NC1=S. The molecule has 5 heteroatoms. The summed E-state index contributed by atoms with van der Waals surface area (Å²) >= 11 is 4.97. The zero-order chi connectivity index (χ0) is 10.1. The van der Waals surface area contributed by atoms with Gasteiger partial charge in [0, 0.05) is 26.3 Å². The van der Waals surface area contributed by atoms with Gasteiger partial charge < -0.3 is 10.2 Å². The van der Waals surface area contributed by atoms with Gasteiger partial charge in [-0.25, -0.2) is 0 Å². The number of hydrogen-bond donors (Lipinski definition) is 1. The molecular formula is C9H13N3OS. The molecular weight excluding hydrogens is 198 g/mol. The normalized spacial score (nSPS) is 25.1. The van der Waals surface area contributed by atoms with E-state index in [1.807, 2.05) is 6.20 Å². The van der Waals surface area contributed by atoms with Crippen molar-refractivity contribution in [1.82, 2.24) is 15.1 Å². The Kier molecular flexibility index (Phi) is 2.41. The number of hydrogen-bond acceptors (Lipinski definition) is 3. The Hall–Kier alpha value is -1.10. The van der Waals surface area contributed by atoms with Crippen LogP contribution >= 0.6 is 12.2 Å². The van der Waals surface area contributed by atoms with Crippen LogP contribution in [0.2, 0.25) is 0 Å².